The van der Waals surface area contributed by atoms with Crippen LogP contribution in [-0.2, 0) is 22.7 Å². The van der Waals surface area contributed by atoms with Gasteiger partial charge in [0.1, 0.15) is 0 Å². The molecule has 1 unspecified atom stereocenters. The Bertz CT molecular complexity index is 428. The molecule has 0 aromatic heterocycles. The SMILES string of the molecule is CCOCc1ccccc1CNC(=O)C(C)(CC)CN. The second kappa shape index (κ2) is 8.02. The van der Waals surface area contributed by atoms with Crippen LogP contribution in [0, 0.1) is 5.41 Å². The summed E-state index contributed by atoms with van der Waals surface area (Å²) >= 11 is 0. The van der Waals surface area contributed by atoms with E-state index in [-0.39, 0.29) is 5.91 Å². The third-order valence-corrected chi connectivity index (χ3v) is 3.80. The summed E-state index contributed by atoms with van der Waals surface area (Å²) in [4.78, 5) is 12.2. The monoisotopic (exact) mass is 278 g/mol. The molecule has 0 bridgehead atoms. The topological polar surface area (TPSA) is 64.3 Å². The number of hydrogen-bond donors (Lipinski definition) is 2. The summed E-state index contributed by atoms with van der Waals surface area (Å²) in [5.41, 5.74) is 7.41. The van der Waals surface area contributed by atoms with Gasteiger partial charge >= 0.3 is 0 Å². The molecular formula is C16H26N2O2. The second-order valence-corrected chi connectivity index (χ2v) is 5.21. The van der Waals surface area contributed by atoms with Gasteiger partial charge in [-0.1, -0.05) is 31.2 Å². The molecule has 1 rings (SSSR count). The zero-order chi connectivity index (χ0) is 15.0. The molecule has 0 heterocycles. The second-order valence-electron chi connectivity index (χ2n) is 5.21. The summed E-state index contributed by atoms with van der Waals surface area (Å²) in [7, 11) is 0. The Labute approximate surface area is 121 Å². The molecule has 112 valence electrons. The Morgan fingerprint density at radius 2 is 1.95 bits per heavy atom. The quantitative estimate of drug-likeness (QED) is 0.766. The molecular weight excluding hydrogens is 252 g/mol. The normalized spacial score (nSPS) is 13.8. The number of ether oxygens (including phenoxy) is 1. The van der Waals surface area contributed by atoms with Crippen LogP contribution in [-0.4, -0.2) is 19.1 Å². The van der Waals surface area contributed by atoms with Crippen LogP contribution in [0.1, 0.15) is 38.3 Å². The van der Waals surface area contributed by atoms with Crippen molar-refractivity contribution in [3.8, 4) is 0 Å². The molecule has 0 spiro atoms. The average Bonchev–Trinajstić information content (AvgIpc) is 2.50. The van der Waals surface area contributed by atoms with Crippen LogP contribution in [0.3, 0.4) is 0 Å². The van der Waals surface area contributed by atoms with Crippen LogP contribution in [0.25, 0.3) is 0 Å². The van der Waals surface area contributed by atoms with E-state index in [0.717, 1.165) is 17.5 Å². The van der Waals surface area contributed by atoms with Gasteiger partial charge in [0.15, 0.2) is 0 Å². The van der Waals surface area contributed by atoms with Crippen LogP contribution >= 0.6 is 0 Å². The lowest BCUT2D eigenvalue weighted by Crippen LogP contribution is -2.43. The number of nitrogens with one attached hydrogen (secondary N) is 1. The lowest BCUT2D eigenvalue weighted by Gasteiger charge is -2.25. The number of rotatable bonds is 8. The van der Waals surface area contributed by atoms with E-state index < -0.39 is 5.41 Å². The van der Waals surface area contributed by atoms with Crippen LogP contribution in [0.5, 0.6) is 0 Å². The maximum absolute atomic E-state index is 12.2. The first-order valence-electron chi connectivity index (χ1n) is 7.20. The third kappa shape index (κ3) is 4.32. The number of nitrogens with two attached hydrogens (primary N) is 1. The summed E-state index contributed by atoms with van der Waals surface area (Å²) in [6.45, 7) is 7.97. The smallest absolute Gasteiger partial charge is 0.227 e. The van der Waals surface area contributed by atoms with Crippen molar-refractivity contribution in [1.29, 1.82) is 0 Å². The molecule has 3 N–H and O–H groups in total. The highest BCUT2D eigenvalue weighted by Gasteiger charge is 2.29. The highest BCUT2D eigenvalue weighted by molar-refractivity contribution is 5.82. The number of benzene rings is 1. The number of carbonyl (C=O) groups excluding carboxylic acids is 1. The predicted octanol–water partition coefficient (Wildman–Crippen LogP) is 2.21. The van der Waals surface area contributed by atoms with Gasteiger partial charge in [0.05, 0.1) is 12.0 Å². The molecule has 4 nitrogen and oxygen atoms in total. The Hall–Kier alpha value is -1.39. The molecule has 1 aromatic carbocycles. The van der Waals surface area contributed by atoms with Crippen molar-refractivity contribution in [3.63, 3.8) is 0 Å². The van der Waals surface area contributed by atoms with Gasteiger partial charge in [-0.3, -0.25) is 4.79 Å². The summed E-state index contributed by atoms with van der Waals surface area (Å²) < 4.78 is 5.44. The molecule has 0 aliphatic rings. The Kier molecular flexibility index (Phi) is 6.68. The van der Waals surface area contributed by atoms with Crippen molar-refractivity contribution in [2.24, 2.45) is 11.1 Å². The van der Waals surface area contributed by atoms with E-state index in [9.17, 15) is 4.79 Å². The van der Waals surface area contributed by atoms with E-state index >= 15 is 0 Å². The van der Waals surface area contributed by atoms with Crippen LogP contribution in [0.4, 0.5) is 0 Å². The van der Waals surface area contributed by atoms with Crippen LogP contribution in [0.2, 0.25) is 0 Å². The van der Waals surface area contributed by atoms with E-state index in [0.29, 0.717) is 26.3 Å². The fraction of sp³-hybridized carbons (Fsp3) is 0.562. The molecule has 0 saturated carbocycles. The number of carbonyl (C=O) groups is 1. The van der Waals surface area contributed by atoms with Crippen LogP contribution < -0.4 is 11.1 Å². The zero-order valence-electron chi connectivity index (χ0n) is 12.7. The van der Waals surface area contributed by atoms with Crippen molar-refractivity contribution in [3.05, 3.63) is 35.4 Å². The van der Waals surface area contributed by atoms with E-state index in [4.69, 9.17) is 10.5 Å². The summed E-state index contributed by atoms with van der Waals surface area (Å²) in [6.07, 6.45) is 0.732. The molecule has 0 aliphatic carbocycles. The molecule has 1 aromatic rings. The minimum atomic E-state index is -0.491. The molecule has 0 aliphatic heterocycles. The fourth-order valence-corrected chi connectivity index (χ4v) is 1.87. The van der Waals surface area contributed by atoms with E-state index in [2.05, 4.69) is 5.32 Å². The number of amides is 1. The van der Waals surface area contributed by atoms with E-state index in [1.54, 1.807) is 0 Å². The summed E-state index contributed by atoms with van der Waals surface area (Å²) in [5, 5.41) is 2.98. The third-order valence-electron chi connectivity index (χ3n) is 3.80. The Balaban J connectivity index is 2.68. The van der Waals surface area contributed by atoms with Gasteiger partial charge in [-0.25, -0.2) is 0 Å². The maximum atomic E-state index is 12.2. The predicted molar refractivity (Wildman–Crippen MR) is 81.1 cm³/mol. The van der Waals surface area contributed by atoms with Gasteiger partial charge in [0.25, 0.3) is 0 Å². The first-order chi connectivity index (χ1) is 9.57. The largest absolute Gasteiger partial charge is 0.377 e. The molecule has 0 radical (unpaired) electrons. The van der Waals surface area contributed by atoms with Crippen molar-refractivity contribution in [1.82, 2.24) is 5.32 Å². The lowest BCUT2D eigenvalue weighted by atomic mass is 9.86. The Morgan fingerprint density at radius 1 is 1.30 bits per heavy atom. The van der Waals surface area contributed by atoms with Crippen LogP contribution in [0.15, 0.2) is 24.3 Å². The zero-order valence-corrected chi connectivity index (χ0v) is 12.7. The fourth-order valence-electron chi connectivity index (χ4n) is 1.87. The molecule has 4 heteroatoms. The Morgan fingerprint density at radius 3 is 2.50 bits per heavy atom. The maximum Gasteiger partial charge on any atom is 0.227 e. The van der Waals surface area contributed by atoms with Gasteiger partial charge < -0.3 is 15.8 Å². The highest BCUT2D eigenvalue weighted by Crippen LogP contribution is 2.19. The van der Waals surface area contributed by atoms with Gasteiger partial charge in [0, 0.05) is 19.7 Å². The first-order valence-corrected chi connectivity index (χ1v) is 7.20. The van der Waals surface area contributed by atoms with Gasteiger partial charge in [-0.05, 0) is 31.4 Å². The van der Waals surface area contributed by atoms with Crippen molar-refractivity contribution in [2.45, 2.75) is 40.3 Å². The number of hydrogen-bond acceptors (Lipinski definition) is 3. The van der Waals surface area contributed by atoms with Gasteiger partial charge in [-0.15, -0.1) is 0 Å². The minimum absolute atomic E-state index is 0.00807. The van der Waals surface area contributed by atoms with Crippen molar-refractivity contribution < 1.29 is 9.53 Å². The first kappa shape index (κ1) is 16.7. The summed E-state index contributed by atoms with van der Waals surface area (Å²) in [5.74, 6) is 0.00807. The van der Waals surface area contributed by atoms with Crippen molar-refractivity contribution in [2.75, 3.05) is 13.2 Å². The van der Waals surface area contributed by atoms with Gasteiger partial charge in [-0.2, -0.15) is 0 Å². The van der Waals surface area contributed by atoms with E-state index in [1.165, 1.54) is 0 Å². The molecule has 20 heavy (non-hydrogen) atoms. The van der Waals surface area contributed by atoms with Crippen molar-refractivity contribution >= 4 is 5.91 Å². The lowest BCUT2D eigenvalue weighted by molar-refractivity contribution is -0.130. The van der Waals surface area contributed by atoms with Gasteiger partial charge in [0.2, 0.25) is 5.91 Å². The average molecular weight is 278 g/mol. The summed E-state index contributed by atoms with van der Waals surface area (Å²) in [6, 6.07) is 7.99. The molecule has 0 fully saturated rings. The standard InChI is InChI=1S/C16H26N2O2/c1-4-16(3,12-17)15(19)18-10-13-8-6-7-9-14(13)11-20-5-2/h6-9H,4-5,10-12,17H2,1-3H3,(H,18,19). The molecule has 1 atom stereocenters. The molecule has 1 amide bonds. The van der Waals surface area contributed by atoms with E-state index in [1.807, 2.05) is 45.0 Å². The highest BCUT2D eigenvalue weighted by atomic mass is 16.5. The molecule has 0 saturated heterocycles. The minimum Gasteiger partial charge on any atom is -0.377 e.